The molecule has 0 spiro atoms. The lowest BCUT2D eigenvalue weighted by molar-refractivity contribution is 0.381. The topological polar surface area (TPSA) is 132 Å². The van der Waals surface area contributed by atoms with E-state index in [4.69, 9.17) is 30.8 Å². The average Bonchev–Trinajstić information content (AvgIpc) is 1.19. The first-order valence-corrected chi connectivity index (χ1v) is 3.69. The highest BCUT2D eigenvalue weighted by Gasteiger charge is 1.84. The quantitative estimate of drug-likeness (QED) is 0.304. The third kappa shape index (κ3) is 5240. The predicted molar refractivity (Wildman–Crippen MR) is 38.0 cm³/mol. The number of hydrogen-bond acceptors (Lipinski definition) is 3. The van der Waals surface area contributed by atoms with E-state index in [1.54, 1.807) is 0 Å². The van der Waals surface area contributed by atoms with Crippen molar-refractivity contribution in [3.05, 3.63) is 0 Å². The monoisotopic (exact) mass is 214 g/mol. The molecule has 0 saturated heterocycles. The lowest BCUT2D eigenvalue weighted by Crippen LogP contribution is -1.89. The summed E-state index contributed by atoms with van der Waals surface area (Å²) in [5, 5.41) is 0. The summed E-state index contributed by atoms with van der Waals surface area (Å²) in [7, 11) is -4.67. The Balaban J connectivity index is -0.0000000910. The summed E-state index contributed by atoms with van der Waals surface area (Å²) in [5.41, 5.74) is 0. The van der Waals surface area contributed by atoms with Crippen LogP contribution in [0.1, 0.15) is 0 Å². The molecular weight excluding hydrogens is 208 g/mol. The molecule has 0 rings (SSSR count). The maximum absolute atomic E-state index is 8.74. The average molecular weight is 214 g/mol. The molecule has 7 nitrogen and oxygen atoms in total. The van der Waals surface area contributed by atoms with Gasteiger partial charge in [-0.1, -0.05) is 0 Å². The Bertz CT molecular complexity index is 151. The van der Waals surface area contributed by atoms with E-state index in [-0.39, 0.29) is 13.5 Å². The zero-order valence-electron chi connectivity index (χ0n) is 4.33. The first kappa shape index (κ1) is 16.7. The van der Waals surface area contributed by atoms with E-state index >= 15 is 0 Å². The van der Waals surface area contributed by atoms with Crippen LogP contribution in [0.4, 0.5) is 0 Å². The molecule has 0 aliphatic heterocycles. The van der Waals surface area contributed by atoms with Gasteiger partial charge in [0.15, 0.2) is 0 Å². The summed E-state index contributed by atoms with van der Waals surface area (Å²) in [6.45, 7) is 0. The second-order valence-electron chi connectivity index (χ2n) is 0.679. The van der Waals surface area contributed by atoms with E-state index in [0.29, 0.717) is 0 Å². The minimum atomic E-state index is -4.67. The molecule has 0 unspecified atom stereocenters. The van der Waals surface area contributed by atoms with Crippen molar-refractivity contribution in [2.75, 3.05) is 0 Å². The van der Waals surface area contributed by atoms with Gasteiger partial charge in [-0.25, -0.2) is 0 Å². The van der Waals surface area contributed by atoms with Crippen molar-refractivity contribution in [1.82, 2.24) is 0 Å². The molecule has 0 saturated carbocycles. The molecule has 0 heterocycles. The number of hydrogen-bond donors (Lipinski definition) is 4. The molecule has 10 heteroatoms. The minimum Gasteiger partial charge on any atom is -0.284 e. The Labute approximate surface area is 66.6 Å². The highest BCUT2D eigenvalue weighted by Crippen LogP contribution is 1.59. The summed E-state index contributed by atoms with van der Waals surface area (Å²) in [5.74, 6) is 0. The van der Waals surface area contributed by atoms with Crippen molar-refractivity contribution >= 4 is 35.3 Å². The molecule has 0 fully saturated rings. The Morgan fingerprint density at radius 2 is 1.10 bits per heavy atom. The van der Waals surface area contributed by atoms with Crippen LogP contribution in [0.15, 0.2) is 0 Å². The summed E-state index contributed by atoms with van der Waals surface area (Å²) in [6, 6.07) is 0. The van der Waals surface area contributed by atoms with Gasteiger partial charge in [-0.15, -0.1) is 0 Å². The van der Waals surface area contributed by atoms with Crippen LogP contribution in [-0.4, -0.2) is 30.8 Å². The Hall–Kier alpha value is 0.290. The SMILES string of the molecule is O=S(=O)(O)O.O=S(O)O.S. The van der Waals surface area contributed by atoms with Crippen LogP contribution in [0.3, 0.4) is 0 Å². The normalized spacial score (nSPS) is 9.30. The zero-order chi connectivity index (χ0) is 8.08. The maximum atomic E-state index is 8.74. The Morgan fingerprint density at radius 3 is 1.10 bits per heavy atom. The smallest absolute Gasteiger partial charge is 0.284 e. The summed E-state index contributed by atoms with van der Waals surface area (Å²) in [6.07, 6.45) is 0. The molecule has 0 amide bonds. The Morgan fingerprint density at radius 1 is 1.10 bits per heavy atom. The molecule has 0 aromatic rings. The standard InChI is InChI=1S/H2O4S.H2O3S.H2S/c1-5(2,3)4;1-4(2)3;/h(H2,1,2,3,4);(H2,1,2,3);1H2. The van der Waals surface area contributed by atoms with Crippen molar-refractivity contribution in [2.45, 2.75) is 0 Å². The minimum absolute atomic E-state index is 0. The van der Waals surface area contributed by atoms with E-state index in [9.17, 15) is 0 Å². The van der Waals surface area contributed by atoms with Crippen LogP contribution in [0.5, 0.6) is 0 Å². The summed E-state index contributed by atoms with van der Waals surface area (Å²) in [4.78, 5) is 0. The molecule has 4 N–H and O–H groups in total. The first-order valence-electron chi connectivity index (χ1n) is 1.23. The molecule has 0 aromatic heterocycles. The molecule has 0 aliphatic carbocycles. The first-order chi connectivity index (χ1) is 3.73. The van der Waals surface area contributed by atoms with Gasteiger partial charge >= 0.3 is 10.4 Å². The molecule has 10 heavy (non-hydrogen) atoms. The molecule has 0 atom stereocenters. The summed E-state index contributed by atoms with van der Waals surface area (Å²) >= 11 is -2.61. The van der Waals surface area contributed by atoms with Gasteiger partial charge in [0.25, 0.3) is 11.4 Å². The van der Waals surface area contributed by atoms with Crippen molar-refractivity contribution < 1.29 is 30.8 Å². The van der Waals surface area contributed by atoms with Crippen LogP contribution < -0.4 is 0 Å². The second-order valence-corrected chi connectivity index (χ2v) is 2.04. The third-order valence-electron chi connectivity index (χ3n) is 0. The fourth-order valence-electron chi connectivity index (χ4n) is 0. The molecule has 0 bridgehead atoms. The number of rotatable bonds is 0. The van der Waals surface area contributed by atoms with Gasteiger partial charge in [0.1, 0.15) is 0 Å². The van der Waals surface area contributed by atoms with Crippen LogP contribution >= 0.6 is 13.5 Å². The van der Waals surface area contributed by atoms with Crippen molar-refractivity contribution in [2.24, 2.45) is 0 Å². The predicted octanol–water partition coefficient (Wildman–Crippen LogP) is -0.859. The van der Waals surface area contributed by atoms with Crippen LogP contribution in [0.2, 0.25) is 0 Å². The zero-order valence-corrected chi connectivity index (χ0v) is 6.96. The molecule has 0 aromatic carbocycles. The Kier molecular flexibility index (Phi) is 12.4. The molecule has 0 radical (unpaired) electrons. The second kappa shape index (κ2) is 7.40. The highest BCUT2D eigenvalue weighted by molar-refractivity contribution is 7.79. The molecule has 0 aliphatic rings. The van der Waals surface area contributed by atoms with Crippen molar-refractivity contribution in [3.63, 3.8) is 0 Å². The molecular formula is H6O7S3. The van der Waals surface area contributed by atoms with Gasteiger partial charge in [0.2, 0.25) is 0 Å². The fourth-order valence-corrected chi connectivity index (χ4v) is 0. The lowest BCUT2D eigenvalue weighted by Gasteiger charge is -1.68. The highest BCUT2D eigenvalue weighted by atomic mass is 32.3. The van der Waals surface area contributed by atoms with Gasteiger partial charge in [0, 0.05) is 0 Å². The maximum Gasteiger partial charge on any atom is 0.394 e. The van der Waals surface area contributed by atoms with Crippen LogP contribution in [0.25, 0.3) is 0 Å². The molecule has 66 valence electrons. The third-order valence-corrected chi connectivity index (χ3v) is 0. The largest absolute Gasteiger partial charge is 0.394 e. The fraction of sp³-hybridized carbons (Fsp3) is 0. The van der Waals surface area contributed by atoms with E-state index in [0.717, 1.165) is 0 Å². The van der Waals surface area contributed by atoms with E-state index in [1.807, 2.05) is 0 Å². The van der Waals surface area contributed by atoms with Crippen LogP contribution in [-0.2, 0) is 21.8 Å². The van der Waals surface area contributed by atoms with E-state index < -0.39 is 21.8 Å². The van der Waals surface area contributed by atoms with Crippen LogP contribution in [0, 0.1) is 0 Å². The van der Waals surface area contributed by atoms with E-state index in [1.165, 1.54) is 0 Å². The lowest BCUT2D eigenvalue weighted by atomic mass is 15.8. The van der Waals surface area contributed by atoms with Gasteiger partial charge < -0.3 is 0 Å². The van der Waals surface area contributed by atoms with Crippen molar-refractivity contribution in [1.29, 1.82) is 0 Å². The summed E-state index contributed by atoms with van der Waals surface area (Å²) < 4.78 is 54.4. The van der Waals surface area contributed by atoms with Gasteiger partial charge in [-0.2, -0.15) is 26.1 Å². The van der Waals surface area contributed by atoms with Gasteiger partial charge in [-0.05, 0) is 0 Å². The van der Waals surface area contributed by atoms with Gasteiger partial charge in [0.05, 0.1) is 0 Å². The van der Waals surface area contributed by atoms with Gasteiger partial charge in [-0.3, -0.25) is 18.2 Å². The van der Waals surface area contributed by atoms with Crippen molar-refractivity contribution in [3.8, 4) is 0 Å². The van der Waals surface area contributed by atoms with E-state index in [2.05, 4.69) is 0 Å².